The Morgan fingerprint density at radius 3 is 2.80 bits per heavy atom. The van der Waals surface area contributed by atoms with E-state index in [1.807, 2.05) is 13.8 Å². The van der Waals surface area contributed by atoms with Gasteiger partial charge in [-0.1, -0.05) is 20.3 Å². The van der Waals surface area contributed by atoms with Crippen LogP contribution in [0.1, 0.15) is 26.7 Å². The molecule has 0 rings (SSSR count). The molecule has 0 amide bonds. The van der Waals surface area contributed by atoms with Crippen LogP contribution in [0.4, 0.5) is 0 Å². The highest BCUT2D eigenvalue weighted by Crippen LogP contribution is 2.06. The van der Waals surface area contributed by atoms with Crippen LogP contribution in [-0.2, 0) is 9.53 Å². The second-order valence-electron chi connectivity index (χ2n) is 2.28. The molecule has 0 spiro atoms. The van der Waals surface area contributed by atoms with Gasteiger partial charge in [-0.2, -0.15) is 0 Å². The maximum atomic E-state index is 10.6. The van der Waals surface area contributed by atoms with Crippen molar-refractivity contribution in [1.29, 1.82) is 5.26 Å². The van der Waals surface area contributed by atoms with Crippen LogP contribution in [-0.4, -0.2) is 5.97 Å². The predicted molar refractivity (Wildman–Crippen MR) is 35.8 cm³/mol. The summed E-state index contributed by atoms with van der Waals surface area (Å²) >= 11 is 0. The van der Waals surface area contributed by atoms with Crippen molar-refractivity contribution in [2.75, 3.05) is 0 Å². The Kier molecular flexibility index (Phi) is 4.30. The highest BCUT2D eigenvalue weighted by Gasteiger charge is 2.07. The first-order chi connectivity index (χ1) is 4.70. The van der Waals surface area contributed by atoms with Gasteiger partial charge in [-0.05, 0) is 5.92 Å². The lowest BCUT2D eigenvalue weighted by molar-refractivity contribution is -0.137. The fraction of sp³-hybridized carbons (Fsp3) is 0.714. The van der Waals surface area contributed by atoms with Crippen molar-refractivity contribution in [2.24, 2.45) is 5.92 Å². The van der Waals surface area contributed by atoms with E-state index in [9.17, 15) is 4.79 Å². The Balaban J connectivity index is 3.49. The summed E-state index contributed by atoms with van der Waals surface area (Å²) in [6.07, 6.45) is 2.62. The average Bonchev–Trinajstić information content (AvgIpc) is 1.88. The number of ether oxygens (including phenoxy) is 1. The third kappa shape index (κ3) is 3.90. The number of nitriles is 1. The van der Waals surface area contributed by atoms with Crippen molar-refractivity contribution in [3.63, 3.8) is 0 Å². The fourth-order valence-corrected chi connectivity index (χ4v) is 0.521. The topological polar surface area (TPSA) is 50.1 Å². The number of carbonyl (C=O) groups excluding carboxylic acids is 1. The summed E-state index contributed by atoms with van der Waals surface area (Å²) in [5, 5.41) is 7.93. The average molecular weight is 141 g/mol. The number of esters is 1. The summed E-state index contributed by atoms with van der Waals surface area (Å²) in [6, 6.07) is 0. The largest absolute Gasteiger partial charge is 0.351 e. The Morgan fingerprint density at radius 2 is 2.40 bits per heavy atom. The van der Waals surface area contributed by atoms with Crippen molar-refractivity contribution in [3.8, 4) is 6.26 Å². The molecule has 3 nitrogen and oxygen atoms in total. The van der Waals surface area contributed by atoms with Gasteiger partial charge in [0, 0.05) is 6.42 Å². The molecule has 0 radical (unpaired) electrons. The first-order valence-corrected chi connectivity index (χ1v) is 3.29. The lowest BCUT2D eigenvalue weighted by Gasteiger charge is -2.02. The van der Waals surface area contributed by atoms with E-state index in [2.05, 4.69) is 4.74 Å². The van der Waals surface area contributed by atoms with Crippen molar-refractivity contribution in [2.45, 2.75) is 26.7 Å². The molecular formula is C7H11NO2. The maximum absolute atomic E-state index is 10.6. The van der Waals surface area contributed by atoms with E-state index in [1.165, 1.54) is 6.26 Å². The van der Waals surface area contributed by atoms with E-state index in [0.29, 0.717) is 12.3 Å². The smallest absolute Gasteiger partial charge is 0.321 e. The zero-order valence-electron chi connectivity index (χ0n) is 6.26. The van der Waals surface area contributed by atoms with Crippen molar-refractivity contribution in [1.82, 2.24) is 0 Å². The molecule has 0 bridgehead atoms. The van der Waals surface area contributed by atoms with Crippen LogP contribution in [0.3, 0.4) is 0 Å². The van der Waals surface area contributed by atoms with E-state index in [0.717, 1.165) is 6.42 Å². The lowest BCUT2D eigenvalue weighted by Crippen LogP contribution is -2.05. The molecule has 1 atom stereocenters. The quantitative estimate of drug-likeness (QED) is 0.441. The fourth-order valence-electron chi connectivity index (χ4n) is 0.521. The van der Waals surface area contributed by atoms with Crippen LogP contribution in [0.5, 0.6) is 0 Å². The molecule has 0 aromatic carbocycles. The molecule has 0 heterocycles. The van der Waals surface area contributed by atoms with Gasteiger partial charge < -0.3 is 4.74 Å². The number of rotatable bonds is 3. The molecule has 0 saturated carbocycles. The summed E-state index contributed by atoms with van der Waals surface area (Å²) < 4.78 is 4.08. The summed E-state index contributed by atoms with van der Waals surface area (Å²) in [6.45, 7) is 3.93. The molecule has 0 fully saturated rings. The molecule has 1 unspecified atom stereocenters. The number of nitrogens with zero attached hydrogens (tertiary/aromatic N) is 1. The van der Waals surface area contributed by atoms with Gasteiger partial charge in [0.05, 0.1) is 0 Å². The van der Waals surface area contributed by atoms with Gasteiger partial charge in [-0.15, -0.1) is 5.26 Å². The minimum atomic E-state index is -0.433. The zero-order chi connectivity index (χ0) is 7.98. The van der Waals surface area contributed by atoms with E-state index in [1.54, 1.807) is 0 Å². The molecule has 3 heteroatoms. The normalized spacial score (nSPS) is 11.7. The molecule has 0 aliphatic heterocycles. The van der Waals surface area contributed by atoms with Crippen LogP contribution in [0.15, 0.2) is 0 Å². The molecule has 0 aromatic heterocycles. The van der Waals surface area contributed by atoms with Crippen LogP contribution < -0.4 is 0 Å². The van der Waals surface area contributed by atoms with E-state index < -0.39 is 5.97 Å². The van der Waals surface area contributed by atoms with Gasteiger partial charge in [0.15, 0.2) is 0 Å². The van der Waals surface area contributed by atoms with E-state index in [-0.39, 0.29) is 0 Å². The highest BCUT2D eigenvalue weighted by atomic mass is 16.5. The molecule has 0 saturated heterocycles. The maximum Gasteiger partial charge on any atom is 0.321 e. The molecule has 0 aliphatic carbocycles. The minimum absolute atomic E-state index is 0.306. The molecule has 0 N–H and O–H groups in total. The van der Waals surface area contributed by atoms with Gasteiger partial charge in [-0.25, -0.2) is 0 Å². The van der Waals surface area contributed by atoms with Crippen LogP contribution in [0.25, 0.3) is 0 Å². The van der Waals surface area contributed by atoms with Gasteiger partial charge in [0.2, 0.25) is 0 Å². The van der Waals surface area contributed by atoms with Crippen LogP contribution in [0, 0.1) is 17.4 Å². The Bertz CT molecular complexity index is 148. The lowest BCUT2D eigenvalue weighted by atomic mass is 10.1. The first-order valence-electron chi connectivity index (χ1n) is 3.29. The third-order valence-electron chi connectivity index (χ3n) is 1.37. The Morgan fingerprint density at radius 1 is 1.80 bits per heavy atom. The number of carbonyl (C=O) groups is 1. The summed E-state index contributed by atoms with van der Waals surface area (Å²) in [4.78, 5) is 10.6. The third-order valence-corrected chi connectivity index (χ3v) is 1.37. The van der Waals surface area contributed by atoms with Gasteiger partial charge in [0.25, 0.3) is 6.26 Å². The SMILES string of the molecule is CCC(C)CC(=O)OC#N. The van der Waals surface area contributed by atoms with E-state index >= 15 is 0 Å². The predicted octanol–water partition coefficient (Wildman–Crippen LogP) is 1.45. The van der Waals surface area contributed by atoms with Crippen molar-refractivity contribution >= 4 is 5.97 Å². The van der Waals surface area contributed by atoms with Crippen molar-refractivity contribution in [3.05, 3.63) is 0 Å². The Hall–Kier alpha value is -1.04. The molecular weight excluding hydrogens is 130 g/mol. The van der Waals surface area contributed by atoms with Gasteiger partial charge in [-0.3, -0.25) is 4.79 Å². The second kappa shape index (κ2) is 4.80. The van der Waals surface area contributed by atoms with Gasteiger partial charge >= 0.3 is 5.97 Å². The summed E-state index contributed by atoms with van der Waals surface area (Å²) in [5.74, 6) is -0.127. The molecule has 0 aliphatic rings. The first kappa shape index (κ1) is 8.96. The number of hydrogen-bond donors (Lipinski definition) is 0. The second-order valence-corrected chi connectivity index (χ2v) is 2.28. The minimum Gasteiger partial charge on any atom is -0.351 e. The molecule has 0 aromatic rings. The van der Waals surface area contributed by atoms with E-state index in [4.69, 9.17) is 5.26 Å². The highest BCUT2D eigenvalue weighted by molar-refractivity contribution is 5.70. The number of hydrogen-bond acceptors (Lipinski definition) is 3. The monoisotopic (exact) mass is 141 g/mol. The molecule has 10 heavy (non-hydrogen) atoms. The summed E-state index contributed by atoms with van der Waals surface area (Å²) in [5.41, 5.74) is 0. The zero-order valence-corrected chi connectivity index (χ0v) is 6.26. The standard InChI is InChI=1S/C7H11NO2/c1-3-6(2)4-7(9)10-5-8/h6H,3-4H2,1-2H3. The van der Waals surface area contributed by atoms with Crippen molar-refractivity contribution < 1.29 is 9.53 Å². The summed E-state index contributed by atoms with van der Waals surface area (Å²) in [7, 11) is 0. The Labute approximate surface area is 60.6 Å². The van der Waals surface area contributed by atoms with Crippen LogP contribution >= 0.6 is 0 Å². The van der Waals surface area contributed by atoms with Crippen LogP contribution in [0.2, 0.25) is 0 Å². The molecule has 56 valence electrons. The van der Waals surface area contributed by atoms with Gasteiger partial charge in [0.1, 0.15) is 0 Å².